The number of imidazole rings is 1. The molecule has 5 rings (SSSR count). The largest absolute Gasteiger partial charge is 0.448 e. The summed E-state index contributed by atoms with van der Waals surface area (Å²) in [5, 5.41) is 12.4. The highest BCUT2D eigenvalue weighted by Crippen LogP contribution is 2.28. The van der Waals surface area contributed by atoms with E-state index < -0.39 is 6.10 Å². The number of aryl methyl sites for hydroxylation is 1. The van der Waals surface area contributed by atoms with Gasteiger partial charge in [-0.3, -0.25) is 9.36 Å². The Morgan fingerprint density at radius 2 is 2.15 bits per heavy atom. The molecular formula is C21H29N7O5. The van der Waals surface area contributed by atoms with Crippen LogP contribution in [0.25, 0.3) is 11.2 Å². The molecule has 0 spiro atoms. The summed E-state index contributed by atoms with van der Waals surface area (Å²) in [4.78, 5) is 38.7. The molecule has 0 radical (unpaired) electrons. The van der Waals surface area contributed by atoms with E-state index in [1.807, 2.05) is 4.57 Å². The molecule has 5 heterocycles. The van der Waals surface area contributed by atoms with Crippen molar-refractivity contribution in [3.63, 3.8) is 0 Å². The van der Waals surface area contributed by atoms with Crippen molar-refractivity contribution in [2.24, 2.45) is 11.8 Å². The van der Waals surface area contributed by atoms with E-state index >= 15 is 0 Å². The van der Waals surface area contributed by atoms with E-state index in [2.05, 4.69) is 20.3 Å². The van der Waals surface area contributed by atoms with Gasteiger partial charge in [-0.15, -0.1) is 0 Å². The summed E-state index contributed by atoms with van der Waals surface area (Å²) >= 11 is 0. The number of carbonyl (C=O) groups excluding carboxylic acids is 2. The molecule has 3 atom stereocenters. The number of rotatable bonds is 6. The Balaban J connectivity index is 1.14. The molecule has 12 heteroatoms. The summed E-state index contributed by atoms with van der Waals surface area (Å²) in [5.74, 6) is 1.17. The van der Waals surface area contributed by atoms with E-state index in [-0.39, 0.29) is 30.8 Å². The fourth-order valence-corrected chi connectivity index (χ4v) is 4.56. The molecular weight excluding hydrogens is 430 g/mol. The van der Waals surface area contributed by atoms with Gasteiger partial charge in [0.05, 0.1) is 25.0 Å². The minimum atomic E-state index is -0.494. The molecule has 178 valence electrons. The van der Waals surface area contributed by atoms with E-state index in [0.717, 1.165) is 19.3 Å². The number of fused-ring (bicyclic) bond motifs is 1. The second kappa shape index (κ2) is 9.10. The lowest BCUT2D eigenvalue weighted by atomic mass is 9.92. The molecule has 2 aromatic heterocycles. The number of aliphatic hydroxyl groups is 1. The number of β-lactam (4-membered cyclic amide) rings is 1. The van der Waals surface area contributed by atoms with Crippen molar-refractivity contribution < 1.29 is 24.2 Å². The van der Waals surface area contributed by atoms with Crippen LogP contribution >= 0.6 is 0 Å². The van der Waals surface area contributed by atoms with Crippen molar-refractivity contribution in [1.82, 2.24) is 29.7 Å². The number of hydrogen-bond donors (Lipinski definition) is 3. The Labute approximate surface area is 190 Å². The molecule has 0 bridgehead atoms. The number of hydrogen-bond acceptors (Lipinski definition) is 9. The Morgan fingerprint density at radius 1 is 1.33 bits per heavy atom. The summed E-state index contributed by atoms with van der Waals surface area (Å²) in [6.45, 7) is 2.28. The number of likely N-dealkylation sites (tertiary alicyclic amines) is 1. The number of nitrogens with two attached hydrogens (primary N) is 1. The van der Waals surface area contributed by atoms with Crippen LogP contribution in [0.2, 0.25) is 0 Å². The topological polar surface area (TPSA) is 158 Å². The second-order valence-corrected chi connectivity index (χ2v) is 9.01. The van der Waals surface area contributed by atoms with Crippen molar-refractivity contribution in [1.29, 1.82) is 0 Å². The van der Waals surface area contributed by atoms with Gasteiger partial charge in [-0.25, -0.2) is 19.7 Å². The van der Waals surface area contributed by atoms with E-state index in [9.17, 15) is 14.7 Å². The molecule has 3 fully saturated rings. The zero-order valence-electron chi connectivity index (χ0n) is 18.4. The Kier molecular flexibility index (Phi) is 6.02. The SMILES string of the molecule is Nc1nc(CCC2CCN(C(=O)OCC3CNC3=O)CC2)nc2c1ncn2[C@H]1CC(O)CO1. The Morgan fingerprint density at radius 3 is 2.82 bits per heavy atom. The first-order valence-corrected chi connectivity index (χ1v) is 11.5. The van der Waals surface area contributed by atoms with E-state index in [4.69, 9.17) is 15.2 Å². The van der Waals surface area contributed by atoms with Crippen molar-refractivity contribution in [3.8, 4) is 0 Å². The fourth-order valence-electron chi connectivity index (χ4n) is 4.56. The number of carbonyl (C=O) groups is 2. The molecule has 3 aliphatic rings. The first-order chi connectivity index (χ1) is 16.0. The molecule has 12 nitrogen and oxygen atoms in total. The molecule has 3 aliphatic heterocycles. The molecule has 0 aliphatic carbocycles. The smallest absolute Gasteiger partial charge is 0.409 e. The van der Waals surface area contributed by atoms with Gasteiger partial charge in [0, 0.05) is 32.5 Å². The maximum atomic E-state index is 12.2. The van der Waals surface area contributed by atoms with Crippen LogP contribution in [0.5, 0.6) is 0 Å². The summed E-state index contributed by atoms with van der Waals surface area (Å²) in [6.07, 6.45) is 4.29. The van der Waals surface area contributed by atoms with Crippen LogP contribution in [-0.2, 0) is 20.7 Å². The van der Waals surface area contributed by atoms with Crippen molar-refractivity contribution >= 4 is 29.0 Å². The van der Waals surface area contributed by atoms with E-state index in [0.29, 0.717) is 67.8 Å². The lowest BCUT2D eigenvalue weighted by Gasteiger charge is -2.32. The highest BCUT2D eigenvalue weighted by Gasteiger charge is 2.31. The summed E-state index contributed by atoms with van der Waals surface area (Å²) in [5.41, 5.74) is 7.29. The van der Waals surface area contributed by atoms with Crippen LogP contribution in [-0.4, -0.2) is 80.5 Å². The number of nitrogens with one attached hydrogen (secondary N) is 1. The first-order valence-electron chi connectivity index (χ1n) is 11.5. The molecule has 2 aromatic rings. The van der Waals surface area contributed by atoms with Crippen LogP contribution in [0, 0.1) is 11.8 Å². The molecule has 2 unspecified atom stereocenters. The average Bonchev–Trinajstić information content (AvgIpc) is 3.43. The number of aromatic nitrogens is 4. The monoisotopic (exact) mass is 459 g/mol. The van der Waals surface area contributed by atoms with E-state index in [1.54, 1.807) is 11.2 Å². The summed E-state index contributed by atoms with van der Waals surface area (Å²) < 4.78 is 12.7. The number of nitrogens with zero attached hydrogens (tertiary/aromatic N) is 5. The first kappa shape index (κ1) is 21.8. The average molecular weight is 460 g/mol. The predicted molar refractivity (Wildman–Crippen MR) is 116 cm³/mol. The third kappa shape index (κ3) is 4.58. The number of amides is 2. The number of nitrogen functional groups attached to an aromatic ring is 1. The molecule has 3 saturated heterocycles. The molecule has 4 N–H and O–H groups in total. The number of ether oxygens (including phenoxy) is 2. The quantitative estimate of drug-likeness (QED) is 0.514. The van der Waals surface area contributed by atoms with Crippen LogP contribution in [0.15, 0.2) is 6.33 Å². The normalized spacial score (nSPS) is 25.8. The summed E-state index contributed by atoms with van der Waals surface area (Å²) in [6, 6.07) is 0. The highest BCUT2D eigenvalue weighted by atomic mass is 16.6. The van der Waals surface area contributed by atoms with Crippen LogP contribution in [0.4, 0.5) is 10.6 Å². The fraction of sp³-hybridized carbons (Fsp3) is 0.667. The van der Waals surface area contributed by atoms with Gasteiger partial charge in [-0.2, -0.15) is 0 Å². The van der Waals surface area contributed by atoms with Gasteiger partial charge in [0.25, 0.3) is 0 Å². The minimum absolute atomic E-state index is 0.0565. The molecule has 33 heavy (non-hydrogen) atoms. The van der Waals surface area contributed by atoms with Gasteiger partial charge >= 0.3 is 6.09 Å². The number of aliphatic hydroxyl groups excluding tert-OH is 1. The van der Waals surface area contributed by atoms with Crippen LogP contribution in [0.3, 0.4) is 0 Å². The third-order valence-electron chi connectivity index (χ3n) is 6.71. The van der Waals surface area contributed by atoms with Gasteiger partial charge in [0.15, 0.2) is 11.5 Å². The number of anilines is 1. The Hall–Kier alpha value is -2.99. The van der Waals surface area contributed by atoms with Crippen LogP contribution < -0.4 is 11.1 Å². The predicted octanol–water partition coefficient (Wildman–Crippen LogP) is 0.216. The molecule has 2 amide bonds. The maximum Gasteiger partial charge on any atom is 0.409 e. The van der Waals surface area contributed by atoms with E-state index in [1.165, 1.54) is 0 Å². The van der Waals surface area contributed by atoms with Crippen LogP contribution in [0.1, 0.15) is 37.7 Å². The van der Waals surface area contributed by atoms with Crippen molar-refractivity contribution in [2.75, 3.05) is 38.6 Å². The highest BCUT2D eigenvalue weighted by molar-refractivity contribution is 5.84. The van der Waals surface area contributed by atoms with Gasteiger partial charge in [-0.05, 0) is 25.2 Å². The number of piperidine rings is 1. The molecule has 0 saturated carbocycles. The van der Waals surface area contributed by atoms with Gasteiger partial charge < -0.3 is 30.5 Å². The summed E-state index contributed by atoms with van der Waals surface area (Å²) in [7, 11) is 0. The zero-order chi connectivity index (χ0) is 22.9. The van der Waals surface area contributed by atoms with Crippen molar-refractivity contribution in [3.05, 3.63) is 12.2 Å². The van der Waals surface area contributed by atoms with Gasteiger partial charge in [0.1, 0.15) is 24.2 Å². The zero-order valence-corrected chi connectivity index (χ0v) is 18.4. The standard InChI is InChI=1S/C21H29N7O5/c22-18-17-19(28(11-24-17)16-7-14(29)10-32-16)26-15(25-18)2-1-12-3-5-27(6-4-12)21(31)33-9-13-8-23-20(13)30/h11-14,16,29H,1-10H2,(H,23,30)(H2,22,25,26)/t13?,14?,16-/m1/s1. The lowest BCUT2D eigenvalue weighted by molar-refractivity contribution is -0.132. The van der Waals surface area contributed by atoms with Gasteiger partial charge in [0.2, 0.25) is 5.91 Å². The second-order valence-electron chi connectivity index (χ2n) is 9.01. The Bertz CT molecular complexity index is 1040. The minimum Gasteiger partial charge on any atom is -0.448 e. The van der Waals surface area contributed by atoms with Crippen molar-refractivity contribution in [2.45, 2.75) is 44.4 Å². The lowest BCUT2D eigenvalue weighted by Crippen LogP contribution is -2.51. The maximum absolute atomic E-state index is 12.2. The molecule has 0 aromatic carbocycles. The third-order valence-corrected chi connectivity index (χ3v) is 6.71. The van der Waals surface area contributed by atoms with Gasteiger partial charge in [-0.1, -0.05) is 0 Å².